The van der Waals surface area contributed by atoms with Gasteiger partial charge >= 0.3 is 6.18 Å². The van der Waals surface area contributed by atoms with Gasteiger partial charge in [-0.1, -0.05) is 24.3 Å². The van der Waals surface area contributed by atoms with Crippen molar-refractivity contribution in [1.29, 1.82) is 0 Å². The Bertz CT molecular complexity index is 515. The zero-order valence-electron chi connectivity index (χ0n) is 9.44. The monoisotopic (exact) mass is 280 g/mol. The zero-order valence-corrected chi connectivity index (χ0v) is 10.3. The molecule has 100 valence electrons. The van der Waals surface area contributed by atoms with Crippen molar-refractivity contribution in [2.45, 2.75) is 6.18 Å². The molecule has 18 heavy (non-hydrogen) atoms. The molecule has 0 unspecified atom stereocenters. The Hall–Kier alpha value is -1.34. The molecule has 1 rings (SSSR count). The van der Waals surface area contributed by atoms with E-state index >= 15 is 0 Å². The van der Waals surface area contributed by atoms with Crippen molar-refractivity contribution in [3.05, 3.63) is 41.5 Å². The minimum atomic E-state index is -4.36. The quantitative estimate of drug-likeness (QED) is 0.796. The molecule has 3 nitrogen and oxygen atoms in total. The van der Waals surface area contributed by atoms with Crippen molar-refractivity contribution in [2.75, 3.05) is 12.9 Å². The Kier molecular flexibility index (Phi) is 4.53. The molecule has 0 heterocycles. The minimum Gasteiger partial charge on any atom is -0.266 e. The summed E-state index contributed by atoms with van der Waals surface area (Å²) in [6.07, 6.45) is -0.560. The van der Waals surface area contributed by atoms with E-state index in [4.69, 9.17) is 0 Å². The van der Waals surface area contributed by atoms with Crippen molar-refractivity contribution >= 4 is 16.2 Å². The summed E-state index contributed by atoms with van der Waals surface area (Å²) in [6.45, 7) is -0.153. The molecule has 0 amide bonds. The van der Waals surface area contributed by atoms with Gasteiger partial charge in [0.2, 0.25) is 0 Å². The van der Waals surface area contributed by atoms with Crippen LogP contribution in [0.2, 0.25) is 0 Å². The van der Waals surface area contributed by atoms with Gasteiger partial charge in [-0.2, -0.15) is 21.6 Å². The third-order valence-electron chi connectivity index (χ3n) is 1.93. The minimum absolute atomic E-state index is 0.153. The fourth-order valence-electron chi connectivity index (χ4n) is 1.13. The molecule has 1 aromatic carbocycles. The van der Waals surface area contributed by atoms with Crippen molar-refractivity contribution in [1.82, 2.24) is 0 Å². The van der Waals surface area contributed by atoms with Gasteiger partial charge in [-0.05, 0) is 17.7 Å². The fraction of sp³-hybridized carbons (Fsp3) is 0.273. The van der Waals surface area contributed by atoms with Gasteiger partial charge in [0.25, 0.3) is 10.1 Å². The predicted molar refractivity (Wildman–Crippen MR) is 61.3 cm³/mol. The molecule has 0 bridgehead atoms. The van der Waals surface area contributed by atoms with Crippen LogP contribution in [-0.4, -0.2) is 21.3 Å². The topological polar surface area (TPSA) is 43.4 Å². The van der Waals surface area contributed by atoms with Gasteiger partial charge in [0.05, 0.1) is 18.4 Å². The Morgan fingerprint density at radius 1 is 1.22 bits per heavy atom. The fourth-order valence-corrected chi connectivity index (χ4v) is 1.46. The van der Waals surface area contributed by atoms with Crippen LogP contribution in [0.5, 0.6) is 0 Å². The zero-order chi connectivity index (χ0) is 13.8. The second kappa shape index (κ2) is 5.53. The summed E-state index contributed by atoms with van der Waals surface area (Å²) in [5, 5.41) is 0. The average Bonchev–Trinajstić information content (AvgIpc) is 2.22. The van der Waals surface area contributed by atoms with E-state index in [1.165, 1.54) is 24.3 Å². The van der Waals surface area contributed by atoms with E-state index in [9.17, 15) is 21.6 Å². The third-order valence-corrected chi connectivity index (χ3v) is 2.49. The summed E-state index contributed by atoms with van der Waals surface area (Å²) in [5.74, 6) is 0. The highest BCUT2D eigenvalue weighted by Crippen LogP contribution is 2.29. The van der Waals surface area contributed by atoms with E-state index in [0.717, 1.165) is 18.4 Å². The molecule has 0 aromatic heterocycles. The van der Waals surface area contributed by atoms with Gasteiger partial charge in [-0.25, -0.2) is 0 Å². The maximum atomic E-state index is 12.3. The molecule has 0 spiro atoms. The van der Waals surface area contributed by atoms with Crippen LogP contribution in [0.25, 0.3) is 6.08 Å². The molecule has 0 fully saturated rings. The van der Waals surface area contributed by atoms with E-state index in [-0.39, 0.29) is 6.61 Å². The lowest BCUT2D eigenvalue weighted by molar-refractivity contribution is -0.137. The summed E-state index contributed by atoms with van der Waals surface area (Å²) >= 11 is 0. The SMILES string of the molecule is CS(=O)(=O)OCC=Cc1ccc(C(F)(F)F)cc1. The molecule has 7 heteroatoms. The molecular weight excluding hydrogens is 269 g/mol. The number of hydrogen-bond donors (Lipinski definition) is 0. The Morgan fingerprint density at radius 3 is 2.22 bits per heavy atom. The first-order valence-corrected chi connectivity index (χ1v) is 6.68. The van der Waals surface area contributed by atoms with Crippen LogP contribution in [0.3, 0.4) is 0 Å². The van der Waals surface area contributed by atoms with Crippen LogP contribution in [-0.2, 0) is 20.5 Å². The van der Waals surface area contributed by atoms with Crippen LogP contribution in [0.1, 0.15) is 11.1 Å². The van der Waals surface area contributed by atoms with E-state index in [0.29, 0.717) is 5.56 Å². The highest BCUT2D eigenvalue weighted by atomic mass is 32.2. The van der Waals surface area contributed by atoms with Crippen LogP contribution in [0.4, 0.5) is 13.2 Å². The summed E-state index contributed by atoms with van der Waals surface area (Å²) in [5.41, 5.74) is -0.202. The van der Waals surface area contributed by atoms with Crippen LogP contribution < -0.4 is 0 Å². The van der Waals surface area contributed by atoms with Gasteiger partial charge in [0.1, 0.15) is 0 Å². The summed E-state index contributed by atoms with van der Waals surface area (Å²) in [6, 6.07) is 4.49. The molecule has 0 N–H and O–H groups in total. The highest BCUT2D eigenvalue weighted by molar-refractivity contribution is 7.85. The molecule has 0 saturated heterocycles. The third kappa shape index (κ3) is 5.33. The summed E-state index contributed by atoms with van der Waals surface area (Å²) < 4.78 is 62.4. The molecule has 0 aliphatic rings. The smallest absolute Gasteiger partial charge is 0.266 e. The lowest BCUT2D eigenvalue weighted by Gasteiger charge is -2.05. The van der Waals surface area contributed by atoms with Crippen LogP contribution in [0.15, 0.2) is 30.3 Å². The van der Waals surface area contributed by atoms with Gasteiger partial charge in [0.15, 0.2) is 0 Å². The number of halogens is 3. The second-order valence-corrected chi connectivity index (χ2v) is 5.15. The first kappa shape index (κ1) is 14.7. The molecule has 1 aromatic rings. The van der Waals surface area contributed by atoms with Crippen molar-refractivity contribution < 1.29 is 25.8 Å². The van der Waals surface area contributed by atoms with Gasteiger partial charge in [-0.3, -0.25) is 4.18 Å². The Balaban J connectivity index is 2.62. The maximum Gasteiger partial charge on any atom is 0.416 e. The highest BCUT2D eigenvalue weighted by Gasteiger charge is 2.29. The molecular formula is C11H11F3O3S. The largest absolute Gasteiger partial charge is 0.416 e. The van der Waals surface area contributed by atoms with Gasteiger partial charge in [0, 0.05) is 0 Å². The lowest BCUT2D eigenvalue weighted by Crippen LogP contribution is -2.04. The number of rotatable bonds is 4. The van der Waals surface area contributed by atoms with Crippen molar-refractivity contribution in [2.24, 2.45) is 0 Å². The van der Waals surface area contributed by atoms with Crippen molar-refractivity contribution in [3.63, 3.8) is 0 Å². The number of alkyl halides is 3. The number of hydrogen-bond acceptors (Lipinski definition) is 3. The Labute approximate surface area is 103 Å². The first-order chi connectivity index (χ1) is 8.18. The normalized spacial score (nSPS) is 13.1. The molecule has 0 aliphatic heterocycles. The average molecular weight is 280 g/mol. The van der Waals surface area contributed by atoms with Gasteiger partial charge < -0.3 is 0 Å². The standard InChI is InChI=1S/C11H11F3O3S/c1-18(15,16)17-8-2-3-9-4-6-10(7-5-9)11(12,13)14/h2-7H,8H2,1H3. The maximum absolute atomic E-state index is 12.3. The summed E-state index contributed by atoms with van der Waals surface area (Å²) in [4.78, 5) is 0. The first-order valence-electron chi connectivity index (χ1n) is 4.87. The van der Waals surface area contributed by atoms with Gasteiger partial charge in [-0.15, -0.1) is 0 Å². The van der Waals surface area contributed by atoms with Crippen molar-refractivity contribution in [3.8, 4) is 0 Å². The van der Waals surface area contributed by atoms with E-state index in [2.05, 4.69) is 4.18 Å². The van der Waals surface area contributed by atoms with Crippen LogP contribution in [0, 0.1) is 0 Å². The molecule has 0 aliphatic carbocycles. The second-order valence-electron chi connectivity index (χ2n) is 3.51. The molecule has 0 saturated carbocycles. The summed E-state index contributed by atoms with van der Waals surface area (Å²) in [7, 11) is -3.50. The molecule has 0 radical (unpaired) electrons. The van der Waals surface area contributed by atoms with E-state index < -0.39 is 21.9 Å². The van der Waals surface area contributed by atoms with Crippen LogP contribution >= 0.6 is 0 Å². The molecule has 0 atom stereocenters. The number of benzene rings is 1. The van der Waals surface area contributed by atoms with E-state index in [1.807, 2.05) is 0 Å². The predicted octanol–water partition coefficient (Wildman–Crippen LogP) is 2.69. The van der Waals surface area contributed by atoms with E-state index in [1.54, 1.807) is 0 Å². The Morgan fingerprint density at radius 2 is 1.78 bits per heavy atom. The lowest BCUT2D eigenvalue weighted by atomic mass is 10.1.